The van der Waals surface area contributed by atoms with Gasteiger partial charge in [-0.2, -0.15) is 5.26 Å². The van der Waals surface area contributed by atoms with Crippen molar-refractivity contribution in [3.8, 4) is 17.3 Å². The van der Waals surface area contributed by atoms with Gasteiger partial charge >= 0.3 is 0 Å². The standard InChI is InChI=1S/C20H17ClN2OS/c1-2-24-14-23-19(25-18-6-4-3-5-7-18)12-16(13-22)20(23)15-8-10-17(21)11-9-15/h3-12H,2,14H2,1H3. The molecule has 0 N–H and O–H groups in total. The van der Waals surface area contributed by atoms with Crippen molar-refractivity contribution in [3.05, 3.63) is 71.2 Å². The summed E-state index contributed by atoms with van der Waals surface area (Å²) in [5, 5.41) is 11.3. The molecule has 3 nitrogen and oxygen atoms in total. The topological polar surface area (TPSA) is 38.0 Å². The molecule has 0 atom stereocenters. The van der Waals surface area contributed by atoms with E-state index in [2.05, 4.69) is 18.2 Å². The average Bonchev–Trinajstić information content (AvgIpc) is 2.99. The number of nitrogens with zero attached hydrogens (tertiary/aromatic N) is 2. The Morgan fingerprint density at radius 1 is 1.12 bits per heavy atom. The average molecular weight is 369 g/mol. The molecule has 0 fully saturated rings. The van der Waals surface area contributed by atoms with E-state index in [1.54, 1.807) is 11.8 Å². The first-order valence-electron chi connectivity index (χ1n) is 7.93. The van der Waals surface area contributed by atoms with Crippen molar-refractivity contribution >= 4 is 23.4 Å². The van der Waals surface area contributed by atoms with Gasteiger partial charge in [0, 0.05) is 16.5 Å². The van der Waals surface area contributed by atoms with Crippen LogP contribution in [0.5, 0.6) is 0 Å². The zero-order valence-corrected chi connectivity index (χ0v) is 15.3. The fourth-order valence-corrected chi connectivity index (χ4v) is 3.63. The second-order valence-corrected chi connectivity index (χ2v) is 6.86. The number of ether oxygens (including phenoxy) is 1. The Balaban J connectivity index is 2.09. The van der Waals surface area contributed by atoms with E-state index in [4.69, 9.17) is 16.3 Å². The lowest BCUT2D eigenvalue weighted by Gasteiger charge is -2.13. The molecule has 0 aliphatic heterocycles. The van der Waals surface area contributed by atoms with Crippen LogP contribution >= 0.6 is 23.4 Å². The molecule has 5 heteroatoms. The normalized spacial score (nSPS) is 10.6. The van der Waals surface area contributed by atoms with E-state index >= 15 is 0 Å². The van der Waals surface area contributed by atoms with E-state index < -0.39 is 0 Å². The summed E-state index contributed by atoms with van der Waals surface area (Å²) >= 11 is 7.63. The van der Waals surface area contributed by atoms with Crippen LogP contribution in [0.25, 0.3) is 11.3 Å². The Bertz CT molecular complexity index is 883. The van der Waals surface area contributed by atoms with Crippen LogP contribution in [0.2, 0.25) is 5.02 Å². The van der Waals surface area contributed by atoms with Crippen molar-refractivity contribution in [2.24, 2.45) is 0 Å². The first kappa shape index (κ1) is 17.6. The number of halogens is 1. The minimum absolute atomic E-state index is 0.394. The Kier molecular flexibility index (Phi) is 5.83. The molecule has 0 aliphatic rings. The van der Waals surface area contributed by atoms with Gasteiger partial charge in [-0.3, -0.25) is 0 Å². The second kappa shape index (κ2) is 8.26. The Morgan fingerprint density at radius 3 is 2.48 bits per heavy atom. The first-order chi connectivity index (χ1) is 12.2. The summed E-state index contributed by atoms with van der Waals surface area (Å²) in [5.41, 5.74) is 2.42. The van der Waals surface area contributed by atoms with Crippen molar-refractivity contribution < 1.29 is 4.74 Å². The van der Waals surface area contributed by atoms with Gasteiger partial charge in [0.15, 0.2) is 0 Å². The third-order valence-electron chi connectivity index (χ3n) is 3.69. The van der Waals surface area contributed by atoms with Gasteiger partial charge in [0.1, 0.15) is 12.8 Å². The fourth-order valence-electron chi connectivity index (χ4n) is 2.53. The molecule has 126 valence electrons. The van der Waals surface area contributed by atoms with Crippen LogP contribution in [0, 0.1) is 11.3 Å². The molecule has 3 rings (SSSR count). The third kappa shape index (κ3) is 4.08. The van der Waals surface area contributed by atoms with E-state index in [0.29, 0.717) is 23.9 Å². The quantitative estimate of drug-likeness (QED) is 0.549. The first-order valence-corrected chi connectivity index (χ1v) is 9.12. The van der Waals surface area contributed by atoms with E-state index in [-0.39, 0.29) is 0 Å². The summed E-state index contributed by atoms with van der Waals surface area (Å²) in [6, 6.07) is 21.9. The van der Waals surface area contributed by atoms with Crippen LogP contribution < -0.4 is 0 Å². The van der Waals surface area contributed by atoms with Gasteiger partial charge in [0.05, 0.1) is 16.3 Å². The monoisotopic (exact) mass is 368 g/mol. The molecule has 3 aromatic rings. The van der Waals surface area contributed by atoms with E-state index in [1.165, 1.54) is 0 Å². The number of rotatable bonds is 6. The minimum atomic E-state index is 0.394. The molecule has 0 radical (unpaired) electrons. The highest BCUT2D eigenvalue weighted by Crippen LogP contribution is 2.36. The number of aromatic nitrogens is 1. The summed E-state index contributed by atoms with van der Waals surface area (Å²) < 4.78 is 7.70. The van der Waals surface area contributed by atoms with Gasteiger partial charge in [-0.05, 0) is 42.8 Å². The van der Waals surface area contributed by atoms with Crippen molar-refractivity contribution in [1.82, 2.24) is 4.57 Å². The van der Waals surface area contributed by atoms with Crippen LogP contribution in [-0.2, 0) is 11.5 Å². The fraction of sp³-hybridized carbons (Fsp3) is 0.150. The van der Waals surface area contributed by atoms with Crippen LogP contribution in [0.3, 0.4) is 0 Å². The SMILES string of the molecule is CCOCn1c(Sc2ccccc2)cc(C#N)c1-c1ccc(Cl)cc1. The van der Waals surface area contributed by atoms with Crippen LogP contribution in [0.1, 0.15) is 12.5 Å². The molecule has 25 heavy (non-hydrogen) atoms. The summed E-state index contributed by atoms with van der Waals surface area (Å²) in [4.78, 5) is 1.12. The van der Waals surface area contributed by atoms with Gasteiger partial charge in [0.25, 0.3) is 0 Å². The highest BCUT2D eigenvalue weighted by atomic mass is 35.5. The number of hydrogen-bond acceptors (Lipinski definition) is 3. The molecule has 2 aromatic carbocycles. The van der Waals surface area contributed by atoms with Gasteiger partial charge in [-0.25, -0.2) is 0 Å². The lowest BCUT2D eigenvalue weighted by molar-refractivity contribution is 0.0840. The largest absolute Gasteiger partial charge is 0.361 e. The molecule has 0 spiro atoms. The third-order valence-corrected chi connectivity index (χ3v) is 4.99. The van der Waals surface area contributed by atoms with Crippen LogP contribution in [0.15, 0.2) is 70.6 Å². The van der Waals surface area contributed by atoms with Gasteiger partial charge in [0.2, 0.25) is 0 Å². The predicted molar refractivity (Wildman–Crippen MR) is 102 cm³/mol. The van der Waals surface area contributed by atoms with E-state index in [1.807, 2.05) is 60.0 Å². The smallest absolute Gasteiger partial charge is 0.123 e. The highest BCUT2D eigenvalue weighted by molar-refractivity contribution is 7.99. The Morgan fingerprint density at radius 2 is 1.84 bits per heavy atom. The molecule has 0 aliphatic carbocycles. The van der Waals surface area contributed by atoms with Gasteiger partial charge in [-0.1, -0.05) is 53.7 Å². The van der Waals surface area contributed by atoms with E-state index in [9.17, 15) is 5.26 Å². The minimum Gasteiger partial charge on any atom is -0.361 e. The zero-order chi connectivity index (χ0) is 17.6. The zero-order valence-electron chi connectivity index (χ0n) is 13.8. The van der Waals surface area contributed by atoms with Crippen molar-refractivity contribution in [2.45, 2.75) is 23.6 Å². The van der Waals surface area contributed by atoms with Crippen LogP contribution in [0.4, 0.5) is 0 Å². The molecule has 0 amide bonds. The van der Waals surface area contributed by atoms with Crippen molar-refractivity contribution in [1.29, 1.82) is 5.26 Å². The summed E-state index contributed by atoms with van der Waals surface area (Å²) in [6.07, 6.45) is 0. The molecule has 1 heterocycles. The van der Waals surface area contributed by atoms with Crippen molar-refractivity contribution in [2.75, 3.05) is 6.61 Å². The maximum Gasteiger partial charge on any atom is 0.123 e. The summed E-state index contributed by atoms with van der Waals surface area (Å²) in [5.74, 6) is 0. The van der Waals surface area contributed by atoms with Crippen LogP contribution in [-0.4, -0.2) is 11.2 Å². The van der Waals surface area contributed by atoms with Gasteiger partial charge < -0.3 is 9.30 Å². The molecule has 0 bridgehead atoms. The second-order valence-electron chi connectivity index (χ2n) is 5.33. The molecule has 0 saturated carbocycles. The molecule has 1 aromatic heterocycles. The lowest BCUT2D eigenvalue weighted by Crippen LogP contribution is -2.05. The molecule has 0 unspecified atom stereocenters. The van der Waals surface area contributed by atoms with Crippen molar-refractivity contribution in [3.63, 3.8) is 0 Å². The summed E-state index contributed by atoms with van der Waals surface area (Å²) in [7, 11) is 0. The maximum atomic E-state index is 9.62. The molecular weight excluding hydrogens is 352 g/mol. The number of nitriles is 1. The summed E-state index contributed by atoms with van der Waals surface area (Å²) in [6.45, 7) is 2.96. The maximum absolute atomic E-state index is 9.62. The molecule has 0 saturated heterocycles. The Labute approximate surface area is 156 Å². The lowest BCUT2D eigenvalue weighted by atomic mass is 10.1. The van der Waals surface area contributed by atoms with Gasteiger partial charge in [-0.15, -0.1) is 0 Å². The number of benzene rings is 2. The molecular formula is C20H17ClN2OS. The number of hydrogen-bond donors (Lipinski definition) is 0. The Hall–Kier alpha value is -2.19. The predicted octanol–water partition coefficient (Wildman–Crippen LogP) is 5.83. The van der Waals surface area contributed by atoms with E-state index in [0.717, 1.165) is 21.2 Å². The highest BCUT2D eigenvalue weighted by Gasteiger charge is 2.17.